The summed E-state index contributed by atoms with van der Waals surface area (Å²) in [7, 11) is 0. The molecule has 0 bridgehead atoms. The number of urea groups is 1. The summed E-state index contributed by atoms with van der Waals surface area (Å²) in [5, 5.41) is 11.4. The molecule has 7 nitrogen and oxygen atoms in total. The number of benzene rings is 3. The Hall–Kier alpha value is -4.27. The quantitative estimate of drug-likeness (QED) is 0.365. The number of hydrogen-bond donors (Lipinski definition) is 3. The molecular weight excluding hydrogens is 452 g/mol. The summed E-state index contributed by atoms with van der Waals surface area (Å²) in [6.45, 7) is 5.93. The van der Waals surface area contributed by atoms with Crippen molar-refractivity contribution in [2.24, 2.45) is 5.73 Å². The van der Waals surface area contributed by atoms with Crippen molar-refractivity contribution in [3.8, 4) is 5.69 Å². The van der Waals surface area contributed by atoms with Crippen LogP contribution in [0.15, 0.2) is 60.7 Å². The van der Waals surface area contributed by atoms with Gasteiger partial charge in [-0.1, -0.05) is 51.1 Å². The molecule has 4 aromatic rings. The van der Waals surface area contributed by atoms with E-state index in [1.165, 1.54) is 12.1 Å². The molecule has 0 radical (unpaired) electrons. The van der Waals surface area contributed by atoms with Gasteiger partial charge in [-0.15, -0.1) is 0 Å². The maximum absolute atomic E-state index is 14.0. The lowest BCUT2D eigenvalue weighted by molar-refractivity contribution is -0.117. The third kappa shape index (κ3) is 5.13. The molecule has 1 heterocycles. The molecule has 0 saturated heterocycles. The number of carbonyl (C=O) groups is 2. The second-order valence-corrected chi connectivity index (χ2v) is 9.23. The number of hydrogen-bond acceptors (Lipinski definition) is 3. The third-order valence-corrected chi connectivity index (χ3v) is 5.46. The van der Waals surface area contributed by atoms with Gasteiger partial charge in [0.2, 0.25) is 5.91 Å². The average Bonchev–Trinajstić information content (AvgIpc) is 3.21. The molecule has 4 N–H and O–H groups in total. The molecule has 0 spiro atoms. The lowest BCUT2D eigenvalue weighted by Gasteiger charge is -2.15. The summed E-state index contributed by atoms with van der Waals surface area (Å²) in [6, 6.07) is 15.7. The van der Waals surface area contributed by atoms with E-state index in [-0.39, 0.29) is 17.5 Å². The van der Waals surface area contributed by atoms with E-state index in [4.69, 9.17) is 10.8 Å². The van der Waals surface area contributed by atoms with E-state index in [0.29, 0.717) is 17.2 Å². The Bertz CT molecular complexity index is 1440. The number of nitrogens with two attached hydrogens (primary N) is 1. The second kappa shape index (κ2) is 9.17. The molecule has 180 valence electrons. The summed E-state index contributed by atoms with van der Waals surface area (Å²) < 4.78 is 29.1. The molecule has 35 heavy (non-hydrogen) atoms. The van der Waals surface area contributed by atoms with Crippen molar-refractivity contribution in [1.29, 1.82) is 0 Å². The Morgan fingerprint density at radius 3 is 2.46 bits per heavy atom. The lowest BCUT2D eigenvalue weighted by Crippen LogP contribution is -2.22. The van der Waals surface area contributed by atoms with Gasteiger partial charge < -0.3 is 11.1 Å². The van der Waals surface area contributed by atoms with Gasteiger partial charge in [0, 0.05) is 11.5 Å². The first-order valence-corrected chi connectivity index (χ1v) is 11.0. The number of halogens is 2. The number of amides is 3. The minimum Gasteiger partial charge on any atom is -0.369 e. The van der Waals surface area contributed by atoms with Crippen molar-refractivity contribution >= 4 is 34.2 Å². The molecule has 1 aromatic heterocycles. The molecule has 4 rings (SSSR count). The Morgan fingerprint density at radius 2 is 1.74 bits per heavy atom. The minimum atomic E-state index is -1.16. The Morgan fingerprint density at radius 1 is 1.00 bits per heavy atom. The maximum Gasteiger partial charge on any atom is 0.324 e. The first-order valence-electron chi connectivity index (χ1n) is 11.0. The van der Waals surface area contributed by atoms with Crippen LogP contribution in [0.4, 0.5) is 25.1 Å². The number of fused-ring (bicyclic) bond motifs is 1. The average molecular weight is 478 g/mol. The van der Waals surface area contributed by atoms with Gasteiger partial charge >= 0.3 is 6.03 Å². The maximum atomic E-state index is 14.0. The third-order valence-electron chi connectivity index (χ3n) is 5.46. The Balaban J connectivity index is 1.77. The lowest BCUT2D eigenvalue weighted by atomic mass is 9.92. The molecule has 0 aliphatic carbocycles. The van der Waals surface area contributed by atoms with Gasteiger partial charge in [0.05, 0.1) is 23.5 Å². The highest BCUT2D eigenvalue weighted by atomic mass is 19.2. The second-order valence-electron chi connectivity index (χ2n) is 9.23. The van der Waals surface area contributed by atoms with E-state index < -0.39 is 23.6 Å². The van der Waals surface area contributed by atoms with Gasteiger partial charge in [-0.2, -0.15) is 5.10 Å². The normalized spacial score (nSPS) is 11.5. The van der Waals surface area contributed by atoms with Crippen LogP contribution < -0.4 is 16.4 Å². The van der Waals surface area contributed by atoms with E-state index in [9.17, 15) is 18.4 Å². The molecule has 0 aliphatic heterocycles. The number of nitrogens with zero attached hydrogens (tertiary/aromatic N) is 2. The van der Waals surface area contributed by atoms with Crippen molar-refractivity contribution in [3.05, 3.63) is 83.6 Å². The van der Waals surface area contributed by atoms with Crippen LogP contribution in [-0.4, -0.2) is 21.7 Å². The van der Waals surface area contributed by atoms with Crippen molar-refractivity contribution in [1.82, 2.24) is 9.78 Å². The summed E-state index contributed by atoms with van der Waals surface area (Å²) in [5.41, 5.74) is 6.84. The topological polar surface area (TPSA) is 102 Å². The predicted octanol–water partition coefficient (Wildman–Crippen LogP) is 5.27. The number of nitrogens with one attached hydrogen (secondary N) is 2. The number of carbonyl (C=O) groups excluding carboxylic acids is 2. The van der Waals surface area contributed by atoms with Crippen LogP contribution >= 0.6 is 0 Å². The molecule has 9 heteroatoms. The Kier molecular flexibility index (Phi) is 6.26. The zero-order valence-corrected chi connectivity index (χ0v) is 19.5. The Labute approximate surface area is 200 Å². The first-order chi connectivity index (χ1) is 16.5. The summed E-state index contributed by atoms with van der Waals surface area (Å²) >= 11 is 0. The highest BCUT2D eigenvalue weighted by Crippen LogP contribution is 2.30. The monoisotopic (exact) mass is 477 g/mol. The van der Waals surface area contributed by atoms with Crippen LogP contribution in [0.1, 0.15) is 32.0 Å². The summed E-state index contributed by atoms with van der Waals surface area (Å²) in [5.74, 6) is -2.39. The number of anilines is 2. The fourth-order valence-corrected chi connectivity index (χ4v) is 3.73. The van der Waals surface area contributed by atoms with Crippen LogP contribution in [0.5, 0.6) is 0 Å². The molecule has 0 saturated carbocycles. The van der Waals surface area contributed by atoms with Crippen molar-refractivity contribution < 1.29 is 18.4 Å². The first kappa shape index (κ1) is 23.9. The van der Waals surface area contributed by atoms with Crippen LogP contribution in [0, 0.1) is 11.6 Å². The predicted molar refractivity (Wildman–Crippen MR) is 132 cm³/mol. The zero-order chi connectivity index (χ0) is 25.3. The fourth-order valence-electron chi connectivity index (χ4n) is 3.73. The van der Waals surface area contributed by atoms with Crippen molar-refractivity contribution in [2.45, 2.75) is 32.6 Å². The van der Waals surface area contributed by atoms with E-state index in [2.05, 4.69) is 10.6 Å². The number of rotatable bonds is 5. The highest BCUT2D eigenvalue weighted by molar-refractivity contribution is 5.99. The van der Waals surface area contributed by atoms with Crippen LogP contribution in [-0.2, 0) is 16.6 Å². The van der Waals surface area contributed by atoms with Crippen LogP contribution in [0.25, 0.3) is 16.5 Å². The van der Waals surface area contributed by atoms with Gasteiger partial charge in [0.1, 0.15) is 5.82 Å². The molecule has 3 amide bonds. The van der Waals surface area contributed by atoms with E-state index in [1.807, 2.05) is 51.1 Å². The molecular formula is C26H25F2N5O2. The SMILES string of the molecule is CC(C)(C)c1cc(NC(=O)Nc2cccc(F)c2F)n(-c2cc(CC(N)=O)c3ccccc3c2)n1. The molecule has 0 unspecified atom stereocenters. The van der Waals surface area contributed by atoms with Gasteiger partial charge in [-0.25, -0.2) is 18.3 Å². The minimum absolute atomic E-state index is 0.0316. The largest absolute Gasteiger partial charge is 0.369 e. The smallest absolute Gasteiger partial charge is 0.324 e. The van der Waals surface area contributed by atoms with Gasteiger partial charge in [-0.05, 0) is 40.6 Å². The van der Waals surface area contributed by atoms with E-state index >= 15 is 0 Å². The van der Waals surface area contributed by atoms with Gasteiger partial charge in [0.25, 0.3) is 0 Å². The number of aromatic nitrogens is 2. The summed E-state index contributed by atoms with van der Waals surface area (Å²) in [6.07, 6.45) is 0.0316. The molecule has 3 aromatic carbocycles. The molecule has 0 aliphatic rings. The standard InChI is InChI=1S/C26H25F2N5O2/c1-26(2,3)21-14-23(31-25(35)30-20-10-6-9-19(27)24(20)28)33(32-21)17-11-15-7-4-5-8-18(15)16(12-17)13-22(29)34/h4-12,14H,13H2,1-3H3,(H2,29,34)(H2,30,31,35). The highest BCUT2D eigenvalue weighted by Gasteiger charge is 2.22. The fraction of sp³-hybridized carbons (Fsp3) is 0.192. The molecule has 0 atom stereocenters. The van der Waals surface area contributed by atoms with Crippen LogP contribution in [0.3, 0.4) is 0 Å². The van der Waals surface area contributed by atoms with E-state index in [1.54, 1.807) is 16.8 Å². The van der Waals surface area contributed by atoms with Crippen molar-refractivity contribution in [3.63, 3.8) is 0 Å². The van der Waals surface area contributed by atoms with Gasteiger partial charge in [-0.3, -0.25) is 10.1 Å². The summed E-state index contributed by atoms with van der Waals surface area (Å²) in [4.78, 5) is 24.4. The van der Waals surface area contributed by atoms with Crippen molar-refractivity contribution in [2.75, 3.05) is 10.6 Å². The molecule has 0 fully saturated rings. The van der Waals surface area contributed by atoms with E-state index in [0.717, 1.165) is 22.4 Å². The van der Waals surface area contributed by atoms with Crippen LogP contribution in [0.2, 0.25) is 0 Å². The zero-order valence-electron chi connectivity index (χ0n) is 19.5. The van der Waals surface area contributed by atoms with Gasteiger partial charge in [0.15, 0.2) is 11.6 Å². The number of primary amides is 1.